The van der Waals surface area contributed by atoms with Gasteiger partial charge in [0.05, 0.1) is 0 Å². The lowest BCUT2D eigenvalue weighted by Crippen LogP contribution is -2.37. The Hall–Kier alpha value is -1.35. The summed E-state index contributed by atoms with van der Waals surface area (Å²) in [7, 11) is 0. The zero-order valence-corrected chi connectivity index (χ0v) is 11.9. The number of carbonyl (C=O) groups is 1. The third kappa shape index (κ3) is 3.80. The minimum absolute atomic E-state index is 0.0905. The maximum absolute atomic E-state index is 11.1. The average molecular weight is 260 g/mol. The summed E-state index contributed by atoms with van der Waals surface area (Å²) in [5.41, 5.74) is 7.97. The van der Waals surface area contributed by atoms with Crippen LogP contribution in [-0.2, 0) is 4.79 Å². The van der Waals surface area contributed by atoms with Gasteiger partial charge in [-0.15, -0.1) is 0 Å². The van der Waals surface area contributed by atoms with Crippen molar-refractivity contribution in [1.82, 2.24) is 5.32 Å². The minimum atomic E-state index is -0.134. The first-order valence-electron chi connectivity index (χ1n) is 7.18. The van der Waals surface area contributed by atoms with Gasteiger partial charge in [0.25, 0.3) is 0 Å². The van der Waals surface area contributed by atoms with E-state index in [1.807, 2.05) is 0 Å². The van der Waals surface area contributed by atoms with Crippen molar-refractivity contribution in [2.75, 3.05) is 0 Å². The van der Waals surface area contributed by atoms with Crippen molar-refractivity contribution in [2.24, 2.45) is 11.7 Å². The van der Waals surface area contributed by atoms with E-state index < -0.39 is 0 Å². The molecule has 0 spiro atoms. The lowest BCUT2D eigenvalue weighted by molar-refractivity contribution is -0.122. The molecule has 1 fully saturated rings. The van der Waals surface area contributed by atoms with Crippen molar-refractivity contribution in [3.05, 3.63) is 35.4 Å². The second-order valence-electron chi connectivity index (χ2n) is 5.75. The molecule has 1 unspecified atom stereocenters. The first kappa shape index (κ1) is 14.1. The third-order valence-electron chi connectivity index (χ3n) is 4.19. The number of benzene rings is 1. The molecule has 0 aliphatic heterocycles. The molecule has 3 heteroatoms. The van der Waals surface area contributed by atoms with Gasteiger partial charge in [0, 0.05) is 18.0 Å². The van der Waals surface area contributed by atoms with Gasteiger partial charge in [0.15, 0.2) is 0 Å². The summed E-state index contributed by atoms with van der Waals surface area (Å²) in [5, 5.41) is 3.66. The van der Waals surface area contributed by atoms with Crippen LogP contribution in [0.1, 0.15) is 49.8 Å². The van der Waals surface area contributed by atoms with Gasteiger partial charge in [-0.2, -0.15) is 0 Å². The maximum atomic E-state index is 11.1. The molecule has 0 bridgehead atoms. The van der Waals surface area contributed by atoms with E-state index in [1.165, 1.54) is 11.1 Å². The molecule has 104 valence electrons. The summed E-state index contributed by atoms with van der Waals surface area (Å²) in [6.07, 6.45) is 3.94. The predicted molar refractivity (Wildman–Crippen MR) is 77.7 cm³/mol. The summed E-state index contributed by atoms with van der Waals surface area (Å²) >= 11 is 0. The van der Waals surface area contributed by atoms with E-state index in [0.717, 1.165) is 25.7 Å². The molecule has 0 aromatic heterocycles. The first-order chi connectivity index (χ1) is 9.06. The van der Waals surface area contributed by atoms with E-state index in [4.69, 9.17) is 5.73 Å². The smallest absolute Gasteiger partial charge is 0.220 e. The van der Waals surface area contributed by atoms with Crippen LogP contribution in [0.3, 0.4) is 0 Å². The lowest BCUT2D eigenvalue weighted by Gasteiger charge is -2.30. The number of aryl methyl sites for hydroxylation is 1. The molecule has 19 heavy (non-hydrogen) atoms. The Morgan fingerprint density at radius 1 is 1.21 bits per heavy atom. The molecular formula is C16H24N2O. The Morgan fingerprint density at radius 3 is 2.32 bits per heavy atom. The van der Waals surface area contributed by atoms with Crippen molar-refractivity contribution in [2.45, 2.75) is 51.6 Å². The number of hydrogen-bond acceptors (Lipinski definition) is 2. The topological polar surface area (TPSA) is 55.1 Å². The van der Waals surface area contributed by atoms with Gasteiger partial charge in [0.2, 0.25) is 5.91 Å². The summed E-state index contributed by atoms with van der Waals surface area (Å²) < 4.78 is 0. The first-order valence-corrected chi connectivity index (χ1v) is 7.18. The Morgan fingerprint density at radius 2 is 1.79 bits per heavy atom. The average Bonchev–Trinajstić information content (AvgIpc) is 2.40. The van der Waals surface area contributed by atoms with Crippen LogP contribution >= 0.6 is 0 Å². The van der Waals surface area contributed by atoms with Crippen LogP contribution < -0.4 is 11.1 Å². The molecule has 1 aliphatic carbocycles. The van der Waals surface area contributed by atoms with E-state index in [9.17, 15) is 4.79 Å². The standard InChI is InChI=1S/C16H24N2O/c1-11-3-5-13(6-4-11)12(2)18-15-9-7-14(8-10-15)16(17)19/h3-6,12,14-15,18H,7-10H2,1-2H3,(H2,17,19). The maximum Gasteiger partial charge on any atom is 0.220 e. The highest BCUT2D eigenvalue weighted by Gasteiger charge is 2.25. The Balaban J connectivity index is 1.85. The normalized spacial score (nSPS) is 24.9. The monoisotopic (exact) mass is 260 g/mol. The molecule has 1 aliphatic rings. The number of nitrogens with one attached hydrogen (secondary N) is 1. The van der Waals surface area contributed by atoms with Gasteiger partial charge >= 0.3 is 0 Å². The van der Waals surface area contributed by atoms with E-state index in [-0.39, 0.29) is 11.8 Å². The van der Waals surface area contributed by atoms with Crippen molar-refractivity contribution in [3.8, 4) is 0 Å². The number of nitrogens with two attached hydrogens (primary N) is 1. The molecule has 1 aromatic rings. The summed E-state index contributed by atoms with van der Waals surface area (Å²) in [6.45, 7) is 4.30. The molecule has 3 N–H and O–H groups in total. The van der Waals surface area contributed by atoms with E-state index in [0.29, 0.717) is 12.1 Å². The van der Waals surface area contributed by atoms with Gasteiger partial charge < -0.3 is 11.1 Å². The van der Waals surface area contributed by atoms with Crippen LogP contribution in [0.2, 0.25) is 0 Å². The highest BCUT2D eigenvalue weighted by molar-refractivity contribution is 5.76. The zero-order chi connectivity index (χ0) is 13.8. The molecular weight excluding hydrogens is 236 g/mol. The molecule has 0 radical (unpaired) electrons. The van der Waals surface area contributed by atoms with Crippen LogP contribution in [0, 0.1) is 12.8 Å². The van der Waals surface area contributed by atoms with Crippen LogP contribution in [0.4, 0.5) is 0 Å². The second-order valence-corrected chi connectivity index (χ2v) is 5.75. The number of carbonyl (C=O) groups excluding carboxylic acids is 1. The Bertz CT molecular complexity index is 419. The summed E-state index contributed by atoms with van der Waals surface area (Å²) in [4.78, 5) is 11.1. The lowest BCUT2D eigenvalue weighted by atomic mass is 9.85. The highest BCUT2D eigenvalue weighted by atomic mass is 16.1. The second kappa shape index (κ2) is 6.20. The quantitative estimate of drug-likeness (QED) is 0.874. The van der Waals surface area contributed by atoms with Crippen molar-refractivity contribution >= 4 is 5.91 Å². The van der Waals surface area contributed by atoms with Gasteiger partial charge in [-0.3, -0.25) is 4.79 Å². The van der Waals surface area contributed by atoms with Crippen molar-refractivity contribution in [1.29, 1.82) is 0 Å². The van der Waals surface area contributed by atoms with Crippen LogP contribution in [0.25, 0.3) is 0 Å². The van der Waals surface area contributed by atoms with Gasteiger partial charge in [-0.25, -0.2) is 0 Å². The fourth-order valence-corrected chi connectivity index (χ4v) is 2.85. The van der Waals surface area contributed by atoms with E-state index in [2.05, 4.69) is 43.4 Å². The molecule has 1 saturated carbocycles. The summed E-state index contributed by atoms with van der Waals surface area (Å²) in [5.74, 6) is -0.0437. The zero-order valence-electron chi connectivity index (χ0n) is 11.9. The minimum Gasteiger partial charge on any atom is -0.369 e. The number of amides is 1. The number of rotatable bonds is 4. The fourth-order valence-electron chi connectivity index (χ4n) is 2.85. The van der Waals surface area contributed by atoms with Crippen LogP contribution in [0.15, 0.2) is 24.3 Å². The SMILES string of the molecule is Cc1ccc(C(C)NC2CCC(C(N)=O)CC2)cc1. The van der Waals surface area contributed by atoms with E-state index in [1.54, 1.807) is 0 Å². The molecule has 0 saturated heterocycles. The number of primary amides is 1. The highest BCUT2D eigenvalue weighted by Crippen LogP contribution is 2.26. The van der Waals surface area contributed by atoms with E-state index >= 15 is 0 Å². The largest absolute Gasteiger partial charge is 0.369 e. The van der Waals surface area contributed by atoms with Crippen molar-refractivity contribution < 1.29 is 4.79 Å². The van der Waals surface area contributed by atoms with Gasteiger partial charge in [0.1, 0.15) is 0 Å². The molecule has 1 amide bonds. The Labute approximate surface area is 115 Å². The molecule has 1 aromatic carbocycles. The van der Waals surface area contributed by atoms with Gasteiger partial charge in [-0.05, 0) is 45.1 Å². The molecule has 2 rings (SSSR count). The van der Waals surface area contributed by atoms with Gasteiger partial charge in [-0.1, -0.05) is 29.8 Å². The number of hydrogen-bond donors (Lipinski definition) is 2. The van der Waals surface area contributed by atoms with Crippen LogP contribution in [-0.4, -0.2) is 11.9 Å². The molecule has 0 heterocycles. The third-order valence-corrected chi connectivity index (χ3v) is 4.19. The molecule has 1 atom stereocenters. The molecule has 3 nitrogen and oxygen atoms in total. The summed E-state index contributed by atoms with van der Waals surface area (Å²) in [6, 6.07) is 9.53. The predicted octanol–water partition coefficient (Wildman–Crippen LogP) is 2.69. The Kier molecular flexibility index (Phi) is 4.59. The fraction of sp³-hybridized carbons (Fsp3) is 0.562. The van der Waals surface area contributed by atoms with Crippen molar-refractivity contribution in [3.63, 3.8) is 0 Å². The van der Waals surface area contributed by atoms with Crippen LogP contribution in [0.5, 0.6) is 0 Å².